The van der Waals surface area contributed by atoms with Crippen molar-refractivity contribution in [1.82, 2.24) is 4.90 Å². The Balaban J connectivity index is 1.62. The summed E-state index contributed by atoms with van der Waals surface area (Å²) in [4.78, 5) is 28.6. The van der Waals surface area contributed by atoms with E-state index in [1.54, 1.807) is 24.3 Å². The van der Waals surface area contributed by atoms with Gasteiger partial charge in [0.1, 0.15) is 5.75 Å². The number of furan rings is 1. The number of aliphatic hydroxyl groups is 1. The number of methoxy groups -OCH3 is 1. The van der Waals surface area contributed by atoms with E-state index in [1.165, 1.54) is 30.2 Å². The van der Waals surface area contributed by atoms with Crippen LogP contribution in [0.2, 0.25) is 5.02 Å². The van der Waals surface area contributed by atoms with Gasteiger partial charge in [-0.1, -0.05) is 47.5 Å². The Morgan fingerprint density at radius 1 is 1.05 bits per heavy atom. The number of fused-ring (bicyclic) bond motifs is 1. The van der Waals surface area contributed by atoms with Crippen LogP contribution < -0.4 is 4.74 Å². The molecule has 1 aliphatic rings. The number of halogens is 1. The molecule has 0 fully saturated rings. The summed E-state index contributed by atoms with van der Waals surface area (Å²) < 4.78 is 11.2. The Labute approximate surface area is 218 Å². The Hall–Kier alpha value is -4.23. The first-order valence-corrected chi connectivity index (χ1v) is 12.0. The quantitative estimate of drug-likeness (QED) is 0.295. The summed E-state index contributed by atoms with van der Waals surface area (Å²) in [7, 11) is 1.46. The van der Waals surface area contributed by atoms with Gasteiger partial charge in [-0.15, -0.1) is 0 Å². The average Bonchev–Trinajstić information content (AvgIpc) is 3.40. The number of carbonyl (C=O) groups excluding carboxylic acids is 2. The number of phenols is 1. The summed E-state index contributed by atoms with van der Waals surface area (Å²) in [6.07, 6.45) is 0. The van der Waals surface area contributed by atoms with Crippen LogP contribution >= 0.6 is 11.6 Å². The lowest BCUT2D eigenvalue weighted by atomic mass is 9.94. The number of benzene rings is 3. The van der Waals surface area contributed by atoms with Crippen LogP contribution in [0.25, 0.3) is 11.0 Å². The minimum Gasteiger partial charge on any atom is -0.508 e. The molecule has 7 nitrogen and oxygen atoms in total. The van der Waals surface area contributed by atoms with Gasteiger partial charge in [-0.3, -0.25) is 9.59 Å². The zero-order valence-corrected chi connectivity index (χ0v) is 21.2. The van der Waals surface area contributed by atoms with Crippen LogP contribution in [-0.4, -0.2) is 33.9 Å². The van der Waals surface area contributed by atoms with Crippen molar-refractivity contribution in [2.24, 2.45) is 0 Å². The minimum absolute atomic E-state index is 0.0384. The van der Waals surface area contributed by atoms with Gasteiger partial charge in [0.05, 0.1) is 18.7 Å². The highest BCUT2D eigenvalue weighted by Gasteiger charge is 2.44. The Morgan fingerprint density at radius 2 is 1.78 bits per heavy atom. The number of aromatic hydroxyl groups is 1. The van der Waals surface area contributed by atoms with Crippen molar-refractivity contribution < 1.29 is 29.0 Å². The number of ketones is 1. The molecule has 1 aromatic heterocycles. The van der Waals surface area contributed by atoms with E-state index in [4.69, 9.17) is 20.8 Å². The molecule has 0 bridgehead atoms. The van der Waals surface area contributed by atoms with Crippen LogP contribution in [0.3, 0.4) is 0 Å². The first-order chi connectivity index (χ1) is 17.7. The van der Waals surface area contributed by atoms with Crippen molar-refractivity contribution in [2.45, 2.75) is 26.4 Å². The zero-order chi connectivity index (χ0) is 26.4. The third-order valence-electron chi connectivity index (χ3n) is 6.59. The molecule has 4 aromatic rings. The van der Waals surface area contributed by atoms with E-state index in [1.807, 2.05) is 32.0 Å². The third-order valence-corrected chi connectivity index (χ3v) is 6.81. The van der Waals surface area contributed by atoms with Gasteiger partial charge in [0.25, 0.3) is 5.91 Å². The van der Waals surface area contributed by atoms with E-state index < -0.39 is 23.5 Å². The highest BCUT2D eigenvalue weighted by molar-refractivity contribution is 6.31. The van der Waals surface area contributed by atoms with Crippen LogP contribution in [0.1, 0.15) is 38.9 Å². The second kappa shape index (κ2) is 9.33. The van der Waals surface area contributed by atoms with Crippen molar-refractivity contribution in [1.29, 1.82) is 0 Å². The molecular weight excluding hydrogens is 494 g/mol. The van der Waals surface area contributed by atoms with Gasteiger partial charge in [0.2, 0.25) is 5.78 Å². The lowest BCUT2D eigenvalue weighted by Gasteiger charge is -2.27. The molecule has 0 saturated heterocycles. The number of aryl methyl sites for hydroxylation is 2. The fourth-order valence-corrected chi connectivity index (χ4v) is 4.90. The highest BCUT2D eigenvalue weighted by Crippen LogP contribution is 2.42. The standard InChI is InChI=1S/C29H24ClNO6/c1-15-4-5-16(2)19(10-15)14-31-25(17-6-8-21(32)9-7-17)24(27(34)29(31)35)26(33)22-12-18-11-20(30)13-23(36-3)28(18)37-22/h4-13,25,32,34H,14H2,1-3H3. The number of carbonyl (C=O) groups is 2. The lowest BCUT2D eigenvalue weighted by Crippen LogP contribution is -2.31. The zero-order valence-electron chi connectivity index (χ0n) is 20.4. The molecule has 0 radical (unpaired) electrons. The Bertz CT molecular complexity index is 1580. The number of aliphatic hydroxyl groups excluding tert-OH is 1. The molecule has 2 N–H and O–H groups in total. The summed E-state index contributed by atoms with van der Waals surface area (Å²) in [6, 6.07) is 15.9. The molecule has 1 atom stereocenters. The van der Waals surface area contributed by atoms with Gasteiger partial charge in [0.15, 0.2) is 22.9 Å². The summed E-state index contributed by atoms with van der Waals surface area (Å²) in [5, 5.41) is 21.8. The van der Waals surface area contributed by atoms with Crippen molar-refractivity contribution >= 4 is 34.3 Å². The molecule has 0 spiro atoms. The minimum atomic E-state index is -0.904. The van der Waals surface area contributed by atoms with E-state index in [2.05, 4.69) is 0 Å². The predicted octanol–water partition coefficient (Wildman–Crippen LogP) is 6.20. The summed E-state index contributed by atoms with van der Waals surface area (Å²) in [6.45, 7) is 4.07. The van der Waals surface area contributed by atoms with E-state index >= 15 is 0 Å². The van der Waals surface area contributed by atoms with E-state index in [0.717, 1.165) is 16.7 Å². The number of amides is 1. The lowest BCUT2D eigenvalue weighted by molar-refractivity contribution is -0.130. The summed E-state index contributed by atoms with van der Waals surface area (Å²) in [5.74, 6) is -1.62. The van der Waals surface area contributed by atoms with Gasteiger partial charge in [-0.2, -0.15) is 0 Å². The second-order valence-electron chi connectivity index (χ2n) is 9.09. The van der Waals surface area contributed by atoms with Crippen molar-refractivity contribution in [3.63, 3.8) is 0 Å². The van der Waals surface area contributed by atoms with Gasteiger partial charge >= 0.3 is 0 Å². The maximum Gasteiger partial charge on any atom is 0.290 e. The topological polar surface area (TPSA) is 100 Å². The van der Waals surface area contributed by atoms with Crippen LogP contribution in [0.4, 0.5) is 0 Å². The molecular formula is C29H24ClNO6. The normalized spacial score (nSPS) is 15.6. The molecule has 1 aliphatic heterocycles. The van der Waals surface area contributed by atoms with Gasteiger partial charge in [0, 0.05) is 23.0 Å². The third kappa shape index (κ3) is 4.32. The van der Waals surface area contributed by atoms with Gasteiger partial charge in [-0.25, -0.2) is 0 Å². The fourth-order valence-electron chi connectivity index (χ4n) is 4.69. The van der Waals surface area contributed by atoms with Crippen LogP contribution in [0.15, 0.2) is 76.4 Å². The molecule has 1 unspecified atom stereocenters. The molecule has 3 aromatic carbocycles. The molecule has 0 saturated carbocycles. The molecule has 5 rings (SSSR count). The first kappa shape index (κ1) is 24.5. The number of rotatable bonds is 6. The van der Waals surface area contributed by atoms with Crippen LogP contribution in [0.5, 0.6) is 11.5 Å². The van der Waals surface area contributed by atoms with Crippen LogP contribution in [-0.2, 0) is 11.3 Å². The smallest absolute Gasteiger partial charge is 0.290 e. The van der Waals surface area contributed by atoms with Crippen LogP contribution in [0, 0.1) is 13.8 Å². The maximum atomic E-state index is 13.8. The number of ether oxygens (including phenoxy) is 1. The monoisotopic (exact) mass is 517 g/mol. The van der Waals surface area contributed by atoms with E-state index in [0.29, 0.717) is 27.3 Å². The van der Waals surface area contributed by atoms with E-state index in [-0.39, 0.29) is 23.6 Å². The van der Waals surface area contributed by atoms with Gasteiger partial charge < -0.3 is 24.3 Å². The second-order valence-corrected chi connectivity index (χ2v) is 9.52. The number of Topliss-reactive ketones (excluding diaryl/α,β-unsaturated/α-hetero) is 1. The summed E-state index contributed by atoms with van der Waals surface area (Å²) >= 11 is 6.17. The molecule has 8 heteroatoms. The van der Waals surface area contributed by atoms with Crippen molar-refractivity contribution in [2.75, 3.05) is 7.11 Å². The summed E-state index contributed by atoms with van der Waals surface area (Å²) in [5.41, 5.74) is 3.67. The SMILES string of the molecule is COc1cc(Cl)cc2cc(C(=O)C3=C(O)C(=O)N(Cc4cc(C)ccc4C)C3c3ccc(O)cc3)oc12. The number of hydrogen-bond acceptors (Lipinski definition) is 6. The van der Waals surface area contributed by atoms with Gasteiger partial charge in [-0.05, 0) is 54.8 Å². The average molecular weight is 518 g/mol. The number of hydrogen-bond donors (Lipinski definition) is 2. The first-order valence-electron chi connectivity index (χ1n) is 11.6. The molecule has 37 heavy (non-hydrogen) atoms. The molecule has 188 valence electrons. The fraction of sp³-hybridized carbons (Fsp3) is 0.172. The predicted molar refractivity (Wildman–Crippen MR) is 139 cm³/mol. The Morgan fingerprint density at radius 3 is 2.49 bits per heavy atom. The van der Waals surface area contributed by atoms with E-state index in [9.17, 15) is 19.8 Å². The van der Waals surface area contributed by atoms with Crippen molar-refractivity contribution in [3.8, 4) is 11.5 Å². The highest BCUT2D eigenvalue weighted by atomic mass is 35.5. The molecule has 1 amide bonds. The maximum absolute atomic E-state index is 13.8. The molecule has 0 aliphatic carbocycles. The number of phenolic OH excluding ortho intramolecular Hbond substituents is 1. The largest absolute Gasteiger partial charge is 0.508 e. The molecule has 2 heterocycles. The number of nitrogens with zero attached hydrogens (tertiary/aromatic N) is 1. The van der Waals surface area contributed by atoms with Crippen molar-refractivity contribution in [3.05, 3.63) is 105 Å². The Kier molecular flexibility index (Phi) is 6.17.